The van der Waals surface area contributed by atoms with Crippen LogP contribution in [0, 0.1) is 0 Å². The summed E-state index contributed by atoms with van der Waals surface area (Å²) < 4.78 is 4.03. The van der Waals surface area contributed by atoms with Crippen molar-refractivity contribution in [3.63, 3.8) is 0 Å². The maximum Gasteiger partial charge on any atom is 0.138 e. The third-order valence-corrected chi connectivity index (χ3v) is 4.55. The number of hydrogen-bond acceptors (Lipinski definition) is 5. The lowest BCUT2D eigenvalue weighted by molar-refractivity contribution is 0.373. The van der Waals surface area contributed by atoms with E-state index in [9.17, 15) is 0 Å². The molecule has 1 atom stereocenters. The van der Waals surface area contributed by atoms with Gasteiger partial charge in [0.05, 0.1) is 5.69 Å². The lowest BCUT2D eigenvalue weighted by Gasteiger charge is -2.25. The molecular weight excluding hydrogens is 302 g/mol. The van der Waals surface area contributed by atoms with Crippen molar-refractivity contribution in [3.8, 4) is 5.69 Å². The van der Waals surface area contributed by atoms with Gasteiger partial charge in [-0.3, -0.25) is 0 Å². The third-order valence-electron chi connectivity index (χ3n) is 4.55. The Labute approximate surface area is 140 Å². The van der Waals surface area contributed by atoms with Gasteiger partial charge in [-0.25, -0.2) is 9.67 Å². The van der Waals surface area contributed by atoms with E-state index in [0.29, 0.717) is 6.04 Å². The first-order chi connectivity index (χ1) is 11.8. The number of nitrogens with one attached hydrogen (secondary N) is 1. The fourth-order valence-electron chi connectivity index (χ4n) is 3.18. The molecule has 0 bridgehead atoms. The summed E-state index contributed by atoms with van der Waals surface area (Å²) in [4.78, 5) is 3.97. The molecule has 1 unspecified atom stereocenters. The van der Waals surface area contributed by atoms with Crippen molar-refractivity contribution in [1.82, 2.24) is 34.8 Å². The van der Waals surface area contributed by atoms with Crippen LogP contribution in [0.2, 0.25) is 0 Å². The summed E-state index contributed by atoms with van der Waals surface area (Å²) in [5.41, 5.74) is 2.29. The molecule has 0 amide bonds. The van der Waals surface area contributed by atoms with Crippen LogP contribution >= 0.6 is 0 Å². The highest BCUT2D eigenvalue weighted by Crippen LogP contribution is 2.16. The summed E-state index contributed by atoms with van der Waals surface area (Å²) in [5, 5.41) is 16.4. The Morgan fingerprint density at radius 2 is 2.08 bits per heavy atom. The van der Waals surface area contributed by atoms with Crippen molar-refractivity contribution in [2.45, 2.75) is 45.3 Å². The van der Waals surface area contributed by atoms with Gasteiger partial charge in [-0.15, -0.1) is 10.2 Å². The lowest BCUT2D eigenvalue weighted by Crippen LogP contribution is -2.37. The van der Waals surface area contributed by atoms with Crippen molar-refractivity contribution in [3.05, 3.63) is 54.1 Å². The average Bonchev–Trinajstić information content (AvgIpc) is 3.29. The van der Waals surface area contributed by atoms with Crippen LogP contribution in [0.25, 0.3) is 5.69 Å². The maximum atomic E-state index is 4.29. The predicted molar refractivity (Wildman–Crippen MR) is 89.7 cm³/mol. The van der Waals surface area contributed by atoms with E-state index in [1.807, 2.05) is 0 Å². The standard InChI is InChI=1S/C17H21N7/c1-2-16-21-22-17-8-5-14(10-23(16)17)19-9-13-3-6-15(7-4-13)24-12-18-11-20-24/h3-4,6-7,11-12,14,19H,2,5,8-10H2,1H3. The second kappa shape index (κ2) is 6.52. The van der Waals surface area contributed by atoms with E-state index in [1.54, 1.807) is 17.3 Å². The number of fused-ring (bicyclic) bond motifs is 1. The number of benzene rings is 1. The van der Waals surface area contributed by atoms with Crippen molar-refractivity contribution >= 4 is 0 Å². The Morgan fingerprint density at radius 3 is 2.83 bits per heavy atom. The van der Waals surface area contributed by atoms with Crippen LogP contribution in [0.4, 0.5) is 0 Å². The van der Waals surface area contributed by atoms with Gasteiger partial charge in [0.1, 0.15) is 24.3 Å². The van der Waals surface area contributed by atoms with Crippen LogP contribution in [0.15, 0.2) is 36.9 Å². The van der Waals surface area contributed by atoms with Gasteiger partial charge in [0.2, 0.25) is 0 Å². The normalized spacial score (nSPS) is 17.0. The van der Waals surface area contributed by atoms with Crippen LogP contribution in [-0.2, 0) is 25.9 Å². The summed E-state index contributed by atoms with van der Waals surface area (Å²) >= 11 is 0. The monoisotopic (exact) mass is 323 g/mol. The molecule has 4 rings (SSSR count). The van der Waals surface area contributed by atoms with Crippen LogP contribution in [-0.4, -0.2) is 35.6 Å². The number of aromatic nitrogens is 6. The molecule has 7 heteroatoms. The smallest absolute Gasteiger partial charge is 0.138 e. The topological polar surface area (TPSA) is 73.5 Å². The largest absolute Gasteiger partial charge is 0.313 e. The molecule has 7 nitrogen and oxygen atoms in total. The van der Waals surface area contributed by atoms with Gasteiger partial charge >= 0.3 is 0 Å². The van der Waals surface area contributed by atoms with Gasteiger partial charge in [0.25, 0.3) is 0 Å². The Morgan fingerprint density at radius 1 is 1.21 bits per heavy atom. The first-order valence-electron chi connectivity index (χ1n) is 8.41. The molecule has 0 aliphatic carbocycles. The van der Waals surface area contributed by atoms with E-state index < -0.39 is 0 Å². The highest BCUT2D eigenvalue weighted by Gasteiger charge is 2.21. The molecule has 0 saturated carbocycles. The Hall–Kier alpha value is -2.54. The zero-order valence-electron chi connectivity index (χ0n) is 13.8. The molecule has 3 heterocycles. The van der Waals surface area contributed by atoms with E-state index in [-0.39, 0.29) is 0 Å². The zero-order chi connectivity index (χ0) is 16.4. The predicted octanol–water partition coefficient (Wildman–Crippen LogP) is 1.53. The van der Waals surface area contributed by atoms with Crippen LogP contribution in [0.3, 0.4) is 0 Å². The molecular formula is C17H21N7. The summed E-state index contributed by atoms with van der Waals surface area (Å²) in [7, 11) is 0. The Kier molecular flexibility index (Phi) is 4.08. The minimum absolute atomic E-state index is 0.466. The molecule has 0 radical (unpaired) electrons. The summed E-state index contributed by atoms with van der Waals surface area (Å²) in [6, 6.07) is 8.87. The Bertz CT molecular complexity index is 775. The molecule has 1 aromatic carbocycles. The number of rotatable bonds is 5. The fraction of sp³-hybridized carbons (Fsp3) is 0.412. The molecule has 2 aromatic heterocycles. The molecule has 1 N–H and O–H groups in total. The fourth-order valence-corrected chi connectivity index (χ4v) is 3.18. The van der Waals surface area contributed by atoms with Gasteiger partial charge in [-0.2, -0.15) is 5.10 Å². The molecule has 1 aliphatic rings. The number of nitrogens with zero attached hydrogens (tertiary/aromatic N) is 6. The highest BCUT2D eigenvalue weighted by molar-refractivity contribution is 5.33. The molecule has 24 heavy (non-hydrogen) atoms. The van der Waals surface area contributed by atoms with Crippen molar-refractivity contribution in [2.75, 3.05) is 0 Å². The molecule has 0 fully saturated rings. The van der Waals surface area contributed by atoms with Gasteiger partial charge in [0.15, 0.2) is 0 Å². The van der Waals surface area contributed by atoms with Gasteiger partial charge in [0, 0.05) is 32.0 Å². The lowest BCUT2D eigenvalue weighted by atomic mass is 10.1. The van der Waals surface area contributed by atoms with E-state index in [1.165, 1.54) is 5.56 Å². The van der Waals surface area contributed by atoms with Gasteiger partial charge < -0.3 is 9.88 Å². The second-order valence-corrected chi connectivity index (χ2v) is 6.12. The van der Waals surface area contributed by atoms with Gasteiger partial charge in [-0.05, 0) is 24.1 Å². The first kappa shape index (κ1) is 15.0. The molecule has 3 aromatic rings. The van der Waals surface area contributed by atoms with E-state index >= 15 is 0 Å². The van der Waals surface area contributed by atoms with E-state index in [0.717, 1.165) is 49.7 Å². The minimum Gasteiger partial charge on any atom is -0.313 e. The van der Waals surface area contributed by atoms with E-state index in [2.05, 4.69) is 61.4 Å². The first-order valence-corrected chi connectivity index (χ1v) is 8.41. The quantitative estimate of drug-likeness (QED) is 0.771. The average molecular weight is 323 g/mol. The molecule has 124 valence electrons. The van der Waals surface area contributed by atoms with Crippen LogP contribution < -0.4 is 5.32 Å². The second-order valence-electron chi connectivity index (χ2n) is 6.12. The zero-order valence-corrected chi connectivity index (χ0v) is 13.8. The van der Waals surface area contributed by atoms with Crippen molar-refractivity contribution < 1.29 is 0 Å². The highest BCUT2D eigenvalue weighted by atomic mass is 15.3. The van der Waals surface area contributed by atoms with Gasteiger partial charge in [-0.1, -0.05) is 19.1 Å². The van der Waals surface area contributed by atoms with Crippen molar-refractivity contribution in [1.29, 1.82) is 0 Å². The summed E-state index contributed by atoms with van der Waals surface area (Å²) in [6.45, 7) is 3.95. The third kappa shape index (κ3) is 2.94. The summed E-state index contributed by atoms with van der Waals surface area (Å²) in [6.07, 6.45) is 6.29. The maximum absolute atomic E-state index is 4.29. The molecule has 0 saturated heterocycles. The van der Waals surface area contributed by atoms with Crippen LogP contribution in [0.1, 0.15) is 30.6 Å². The minimum atomic E-state index is 0.466. The SMILES string of the molecule is CCc1nnc2n1CC(NCc1ccc(-n3cncn3)cc1)CC2. The Balaban J connectivity index is 1.37. The summed E-state index contributed by atoms with van der Waals surface area (Å²) in [5.74, 6) is 2.22. The molecule has 0 spiro atoms. The van der Waals surface area contributed by atoms with Crippen molar-refractivity contribution in [2.24, 2.45) is 0 Å². The van der Waals surface area contributed by atoms with E-state index in [4.69, 9.17) is 0 Å². The number of aryl methyl sites for hydroxylation is 2. The number of hydrogen-bond donors (Lipinski definition) is 1. The van der Waals surface area contributed by atoms with Crippen LogP contribution in [0.5, 0.6) is 0 Å². The molecule has 1 aliphatic heterocycles.